The van der Waals surface area contributed by atoms with Gasteiger partial charge in [-0.3, -0.25) is 4.79 Å². The van der Waals surface area contributed by atoms with Gasteiger partial charge in [-0.25, -0.2) is 0 Å². The number of hydrogen-bond donors (Lipinski definition) is 0. The molecule has 0 amide bonds. The number of halogens is 1. The summed E-state index contributed by atoms with van der Waals surface area (Å²) in [6.07, 6.45) is 4.27. The topological polar surface area (TPSA) is 17.1 Å². The summed E-state index contributed by atoms with van der Waals surface area (Å²) < 4.78 is 1.11. The van der Waals surface area contributed by atoms with Crippen LogP contribution in [0.4, 0.5) is 0 Å². The first-order valence-electron chi connectivity index (χ1n) is 6.58. The van der Waals surface area contributed by atoms with Crippen LogP contribution in [0.25, 0.3) is 33.7 Å². The molecule has 0 heterocycles. The van der Waals surface area contributed by atoms with Crippen molar-refractivity contribution in [1.82, 2.24) is 0 Å². The van der Waals surface area contributed by atoms with Crippen LogP contribution in [0.2, 0.25) is 0 Å². The third-order valence-corrected chi connectivity index (χ3v) is 4.51. The molecule has 0 aromatic heterocycles. The van der Waals surface area contributed by atoms with Crippen molar-refractivity contribution in [2.24, 2.45) is 0 Å². The van der Waals surface area contributed by atoms with Gasteiger partial charge in [0.05, 0.1) is 0 Å². The first-order valence-corrected chi connectivity index (χ1v) is 7.37. The molecular weight excluding hydrogens is 312 g/mol. The standard InChI is InChI=1S/C18H11BrO/c19-17-3-1-2-11-4-5-13-8-14-9-15(20)7-6-12(14)10-16(13)18(11)17/h1-6,8-10H,7H2. The first kappa shape index (κ1) is 11.9. The van der Waals surface area contributed by atoms with Gasteiger partial charge in [0.15, 0.2) is 5.78 Å². The van der Waals surface area contributed by atoms with Crippen molar-refractivity contribution < 1.29 is 4.79 Å². The van der Waals surface area contributed by atoms with Crippen LogP contribution in [0.3, 0.4) is 0 Å². The van der Waals surface area contributed by atoms with Gasteiger partial charge in [-0.15, -0.1) is 0 Å². The van der Waals surface area contributed by atoms with Gasteiger partial charge >= 0.3 is 0 Å². The summed E-state index contributed by atoms with van der Waals surface area (Å²) in [6, 6.07) is 14.8. The van der Waals surface area contributed by atoms with Gasteiger partial charge in [0, 0.05) is 16.3 Å². The molecule has 20 heavy (non-hydrogen) atoms. The van der Waals surface area contributed by atoms with Crippen LogP contribution in [0.15, 0.2) is 46.9 Å². The molecule has 1 aliphatic carbocycles. The number of ketones is 1. The summed E-state index contributed by atoms with van der Waals surface area (Å²) in [7, 11) is 0. The first-order chi connectivity index (χ1) is 9.72. The molecule has 0 aliphatic heterocycles. The van der Waals surface area contributed by atoms with Crippen molar-refractivity contribution in [3.05, 3.63) is 57.4 Å². The van der Waals surface area contributed by atoms with Gasteiger partial charge in [0.25, 0.3) is 0 Å². The number of rotatable bonds is 0. The Hall–Kier alpha value is -1.93. The molecular formula is C18H11BrO. The fraction of sp³-hybridized carbons (Fsp3) is 0.0556. The average Bonchev–Trinajstić information content (AvgIpc) is 2.45. The highest BCUT2D eigenvalue weighted by Crippen LogP contribution is 2.30. The smallest absolute Gasteiger partial charge is 0.160 e. The van der Waals surface area contributed by atoms with Gasteiger partial charge in [0.2, 0.25) is 0 Å². The minimum atomic E-state index is 0.179. The molecule has 2 heteroatoms. The molecule has 3 aromatic carbocycles. The van der Waals surface area contributed by atoms with Gasteiger partial charge < -0.3 is 0 Å². The van der Waals surface area contributed by atoms with Crippen molar-refractivity contribution in [2.75, 3.05) is 0 Å². The van der Waals surface area contributed by atoms with Crippen LogP contribution in [-0.2, 0) is 4.79 Å². The SMILES string of the molecule is O=C1C=c2cc3ccc4cccc(Br)c4c3cc2=CC1. The number of Topliss-reactive ketones (excluding diaryl/α,β-unsaturated/α-hetero) is 1. The van der Waals surface area contributed by atoms with Crippen molar-refractivity contribution in [3.63, 3.8) is 0 Å². The number of carbonyl (C=O) groups excluding carboxylic acids is 1. The lowest BCUT2D eigenvalue weighted by molar-refractivity contribution is -0.112. The second-order valence-corrected chi connectivity index (χ2v) is 5.98. The fourth-order valence-corrected chi connectivity index (χ4v) is 3.49. The van der Waals surface area contributed by atoms with Gasteiger partial charge in [-0.1, -0.05) is 46.3 Å². The van der Waals surface area contributed by atoms with Crippen molar-refractivity contribution in [3.8, 4) is 0 Å². The lowest BCUT2D eigenvalue weighted by atomic mass is 9.98. The predicted octanol–water partition coefficient (Wildman–Crippen LogP) is 3.29. The van der Waals surface area contributed by atoms with Crippen molar-refractivity contribution in [2.45, 2.75) is 6.42 Å². The summed E-state index contributed by atoms with van der Waals surface area (Å²) in [5.41, 5.74) is 0. The fourth-order valence-electron chi connectivity index (χ4n) is 2.89. The molecule has 0 unspecified atom stereocenters. The molecule has 0 radical (unpaired) electrons. The summed E-state index contributed by atoms with van der Waals surface area (Å²) in [6.45, 7) is 0. The molecule has 4 rings (SSSR count). The third kappa shape index (κ3) is 1.72. The summed E-state index contributed by atoms with van der Waals surface area (Å²) in [5, 5.41) is 7.04. The molecule has 0 saturated heterocycles. The predicted molar refractivity (Wildman–Crippen MR) is 87.0 cm³/mol. The second kappa shape index (κ2) is 4.29. The van der Waals surface area contributed by atoms with E-state index in [9.17, 15) is 4.79 Å². The van der Waals surface area contributed by atoms with E-state index in [-0.39, 0.29) is 5.78 Å². The molecule has 0 bridgehead atoms. The maximum absolute atomic E-state index is 11.5. The van der Waals surface area contributed by atoms with Crippen LogP contribution in [0.1, 0.15) is 6.42 Å². The highest BCUT2D eigenvalue weighted by atomic mass is 79.9. The number of carbonyl (C=O) groups is 1. The van der Waals surface area contributed by atoms with E-state index in [1.54, 1.807) is 6.08 Å². The Morgan fingerprint density at radius 3 is 2.70 bits per heavy atom. The van der Waals surface area contributed by atoms with E-state index in [1.807, 2.05) is 6.08 Å². The third-order valence-electron chi connectivity index (χ3n) is 3.85. The van der Waals surface area contributed by atoms with Gasteiger partial charge in [-0.05, 0) is 50.9 Å². The minimum absolute atomic E-state index is 0.179. The van der Waals surface area contributed by atoms with Crippen LogP contribution in [-0.4, -0.2) is 5.78 Å². The Morgan fingerprint density at radius 1 is 0.950 bits per heavy atom. The lowest BCUT2D eigenvalue weighted by Crippen LogP contribution is -2.28. The van der Waals surface area contributed by atoms with Crippen molar-refractivity contribution in [1.29, 1.82) is 0 Å². The second-order valence-electron chi connectivity index (χ2n) is 5.12. The molecule has 3 aromatic rings. The highest BCUT2D eigenvalue weighted by Gasteiger charge is 2.07. The van der Waals surface area contributed by atoms with E-state index in [1.165, 1.54) is 21.5 Å². The molecule has 0 fully saturated rings. The zero-order chi connectivity index (χ0) is 13.7. The quantitative estimate of drug-likeness (QED) is 0.580. The number of benzene rings is 3. The molecule has 0 N–H and O–H groups in total. The van der Waals surface area contributed by atoms with Crippen LogP contribution >= 0.6 is 15.9 Å². The summed E-state index contributed by atoms with van der Waals surface area (Å²) >= 11 is 3.65. The van der Waals surface area contributed by atoms with Gasteiger partial charge in [0.1, 0.15) is 0 Å². The maximum Gasteiger partial charge on any atom is 0.160 e. The summed E-state index contributed by atoms with van der Waals surface area (Å²) in [4.78, 5) is 11.5. The normalized spacial score (nSPS) is 13.9. The monoisotopic (exact) mass is 322 g/mol. The lowest BCUT2D eigenvalue weighted by Gasteiger charge is -2.08. The van der Waals surface area contributed by atoms with Crippen molar-refractivity contribution >= 4 is 55.4 Å². The highest BCUT2D eigenvalue weighted by molar-refractivity contribution is 9.10. The van der Waals surface area contributed by atoms with Crippen LogP contribution in [0, 0.1) is 0 Å². The van der Waals surface area contributed by atoms with E-state index in [2.05, 4.69) is 58.4 Å². The Morgan fingerprint density at radius 2 is 1.80 bits per heavy atom. The van der Waals surface area contributed by atoms with Gasteiger partial charge in [-0.2, -0.15) is 0 Å². The zero-order valence-electron chi connectivity index (χ0n) is 10.7. The van der Waals surface area contributed by atoms with E-state index >= 15 is 0 Å². The largest absolute Gasteiger partial charge is 0.294 e. The molecule has 0 atom stereocenters. The Bertz CT molecular complexity index is 999. The average molecular weight is 323 g/mol. The Labute approximate surface area is 124 Å². The number of hydrogen-bond acceptors (Lipinski definition) is 1. The maximum atomic E-state index is 11.5. The summed E-state index contributed by atoms with van der Waals surface area (Å²) in [5.74, 6) is 0.179. The van der Waals surface area contributed by atoms with E-state index in [0.717, 1.165) is 14.9 Å². The van der Waals surface area contributed by atoms with Crippen LogP contribution in [0.5, 0.6) is 0 Å². The number of fused-ring (bicyclic) bond motifs is 4. The minimum Gasteiger partial charge on any atom is -0.294 e. The van der Waals surface area contributed by atoms with E-state index in [4.69, 9.17) is 0 Å². The molecule has 96 valence electrons. The Kier molecular flexibility index (Phi) is 2.54. The van der Waals surface area contributed by atoms with E-state index < -0.39 is 0 Å². The van der Waals surface area contributed by atoms with Crippen LogP contribution < -0.4 is 10.4 Å². The Balaban J connectivity index is 2.26. The molecule has 0 saturated carbocycles. The molecule has 1 aliphatic rings. The van der Waals surface area contributed by atoms with E-state index in [0.29, 0.717) is 6.42 Å². The zero-order valence-corrected chi connectivity index (χ0v) is 12.3. The molecule has 0 spiro atoms. The molecule has 1 nitrogen and oxygen atoms in total.